The first-order valence-electron chi connectivity index (χ1n) is 8.89. The lowest BCUT2D eigenvalue weighted by Crippen LogP contribution is -2.46. The van der Waals surface area contributed by atoms with Crippen LogP contribution in [0, 0.1) is 11.7 Å². The number of fused-ring (bicyclic) bond motifs is 1. The Kier molecular flexibility index (Phi) is 5.51. The lowest BCUT2D eigenvalue weighted by Gasteiger charge is -2.32. The number of nitrogens with zero attached hydrogens (tertiary/aromatic N) is 1. The minimum Gasteiger partial charge on any atom is -0.355 e. The average molecular weight is 362 g/mol. The standard InChI is InChI=1S/C18H23FN4O3/c19-14-9-15-11(3-4-16(24)22-15)8-13(14)18(26)23-7-1-2-12(10-23)17(25)21-6-5-20/h8-9,12H,1-7,10,20H2,(H,21,25)(H,22,24). The van der Waals surface area contributed by atoms with Crippen LogP contribution in [0.15, 0.2) is 12.1 Å². The summed E-state index contributed by atoms with van der Waals surface area (Å²) in [6.07, 6.45) is 2.18. The van der Waals surface area contributed by atoms with Gasteiger partial charge in [0.1, 0.15) is 5.82 Å². The zero-order valence-electron chi connectivity index (χ0n) is 14.5. The van der Waals surface area contributed by atoms with Crippen molar-refractivity contribution in [2.75, 3.05) is 31.5 Å². The number of likely N-dealkylation sites (tertiary alicyclic amines) is 1. The van der Waals surface area contributed by atoms with Crippen molar-refractivity contribution in [3.8, 4) is 0 Å². The van der Waals surface area contributed by atoms with Crippen LogP contribution < -0.4 is 16.4 Å². The van der Waals surface area contributed by atoms with Crippen molar-refractivity contribution in [2.24, 2.45) is 11.7 Å². The lowest BCUT2D eigenvalue weighted by atomic mass is 9.95. The molecule has 1 fully saturated rings. The van der Waals surface area contributed by atoms with E-state index in [1.807, 2.05) is 0 Å². The second-order valence-electron chi connectivity index (χ2n) is 6.71. The van der Waals surface area contributed by atoms with Gasteiger partial charge in [-0.3, -0.25) is 14.4 Å². The van der Waals surface area contributed by atoms with Crippen molar-refractivity contribution >= 4 is 23.4 Å². The molecule has 0 saturated carbocycles. The number of carbonyl (C=O) groups is 3. The molecule has 0 radical (unpaired) electrons. The number of rotatable bonds is 4. The van der Waals surface area contributed by atoms with Crippen LogP contribution in [0.5, 0.6) is 0 Å². The molecule has 0 bridgehead atoms. The predicted molar refractivity (Wildman–Crippen MR) is 94.0 cm³/mol. The molecule has 3 rings (SSSR count). The highest BCUT2D eigenvalue weighted by Crippen LogP contribution is 2.27. The van der Waals surface area contributed by atoms with E-state index in [1.54, 1.807) is 0 Å². The van der Waals surface area contributed by atoms with Crippen LogP contribution in [0.2, 0.25) is 0 Å². The summed E-state index contributed by atoms with van der Waals surface area (Å²) in [4.78, 5) is 37.9. The number of carbonyl (C=O) groups excluding carboxylic acids is 3. The Labute approximate surface area is 151 Å². The van der Waals surface area contributed by atoms with Crippen LogP contribution in [0.25, 0.3) is 0 Å². The number of amides is 3. The minimum absolute atomic E-state index is 0.0112. The van der Waals surface area contributed by atoms with Crippen LogP contribution in [-0.2, 0) is 16.0 Å². The number of aryl methyl sites for hydroxylation is 1. The Morgan fingerprint density at radius 2 is 2.15 bits per heavy atom. The molecule has 8 heteroatoms. The second kappa shape index (κ2) is 7.82. The van der Waals surface area contributed by atoms with E-state index >= 15 is 0 Å². The van der Waals surface area contributed by atoms with Gasteiger partial charge in [0, 0.05) is 38.3 Å². The summed E-state index contributed by atoms with van der Waals surface area (Å²) >= 11 is 0. The molecule has 4 N–H and O–H groups in total. The van der Waals surface area contributed by atoms with Gasteiger partial charge in [0.2, 0.25) is 11.8 Å². The molecule has 1 unspecified atom stereocenters. The summed E-state index contributed by atoms with van der Waals surface area (Å²) in [7, 11) is 0. The third kappa shape index (κ3) is 3.85. The van der Waals surface area contributed by atoms with Crippen molar-refractivity contribution in [2.45, 2.75) is 25.7 Å². The van der Waals surface area contributed by atoms with Gasteiger partial charge in [-0.2, -0.15) is 0 Å². The van der Waals surface area contributed by atoms with Crippen LogP contribution >= 0.6 is 0 Å². The SMILES string of the molecule is NCCNC(=O)C1CCCN(C(=O)c2cc3c(cc2F)NC(=O)CC3)C1. The third-order valence-electron chi connectivity index (χ3n) is 4.84. The van der Waals surface area contributed by atoms with Gasteiger partial charge in [0.25, 0.3) is 5.91 Å². The zero-order chi connectivity index (χ0) is 18.7. The summed E-state index contributed by atoms with van der Waals surface area (Å²) in [5, 5.41) is 5.36. The van der Waals surface area contributed by atoms with Crippen molar-refractivity contribution in [1.82, 2.24) is 10.2 Å². The van der Waals surface area contributed by atoms with Crippen molar-refractivity contribution in [1.29, 1.82) is 0 Å². The number of nitrogens with one attached hydrogen (secondary N) is 2. The van der Waals surface area contributed by atoms with E-state index in [4.69, 9.17) is 5.73 Å². The first-order valence-corrected chi connectivity index (χ1v) is 8.89. The van der Waals surface area contributed by atoms with E-state index in [1.165, 1.54) is 17.0 Å². The molecule has 7 nitrogen and oxygen atoms in total. The maximum absolute atomic E-state index is 14.4. The lowest BCUT2D eigenvalue weighted by molar-refractivity contribution is -0.126. The topological polar surface area (TPSA) is 105 Å². The fourth-order valence-corrected chi connectivity index (χ4v) is 3.45. The van der Waals surface area contributed by atoms with Gasteiger partial charge in [0.05, 0.1) is 11.5 Å². The minimum atomic E-state index is -0.661. The highest BCUT2D eigenvalue weighted by atomic mass is 19.1. The predicted octanol–water partition coefficient (Wildman–Crippen LogP) is 0.637. The number of benzene rings is 1. The fourth-order valence-electron chi connectivity index (χ4n) is 3.45. The number of halogens is 1. The molecule has 2 aliphatic rings. The van der Waals surface area contributed by atoms with E-state index in [-0.39, 0.29) is 29.8 Å². The van der Waals surface area contributed by atoms with Crippen molar-refractivity contribution in [3.63, 3.8) is 0 Å². The highest BCUT2D eigenvalue weighted by molar-refractivity contribution is 5.98. The van der Waals surface area contributed by atoms with Gasteiger partial charge in [-0.15, -0.1) is 0 Å². The molecular weight excluding hydrogens is 339 g/mol. The smallest absolute Gasteiger partial charge is 0.256 e. The molecule has 1 atom stereocenters. The molecular formula is C18H23FN4O3. The first kappa shape index (κ1) is 18.3. The number of hydrogen-bond acceptors (Lipinski definition) is 4. The molecule has 1 aromatic carbocycles. The molecule has 2 heterocycles. The van der Waals surface area contributed by atoms with Gasteiger partial charge in [0.15, 0.2) is 0 Å². The summed E-state index contributed by atoms with van der Waals surface area (Å²) < 4.78 is 14.4. The van der Waals surface area contributed by atoms with Crippen molar-refractivity contribution in [3.05, 3.63) is 29.1 Å². The molecule has 0 spiro atoms. The van der Waals surface area contributed by atoms with Crippen LogP contribution in [-0.4, -0.2) is 48.8 Å². The highest BCUT2D eigenvalue weighted by Gasteiger charge is 2.30. The van der Waals surface area contributed by atoms with E-state index in [0.717, 1.165) is 5.56 Å². The first-order chi connectivity index (χ1) is 12.5. The van der Waals surface area contributed by atoms with E-state index in [0.29, 0.717) is 51.0 Å². The van der Waals surface area contributed by atoms with Gasteiger partial charge in [-0.05, 0) is 37.0 Å². The zero-order valence-corrected chi connectivity index (χ0v) is 14.5. The van der Waals surface area contributed by atoms with E-state index in [2.05, 4.69) is 10.6 Å². The summed E-state index contributed by atoms with van der Waals surface area (Å²) in [6.45, 7) is 1.52. The normalized spacial score (nSPS) is 19.5. The van der Waals surface area contributed by atoms with Gasteiger partial charge < -0.3 is 21.3 Å². The van der Waals surface area contributed by atoms with Crippen LogP contribution in [0.4, 0.5) is 10.1 Å². The molecule has 140 valence electrons. The fraction of sp³-hybridized carbons (Fsp3) is 0.500. The Balaban J connectivity index is 1.74. The number of hydrogen-bond donors (Lipinski definition) is 3. The molecule has 3 amide bonds. The average Bonchev–Trinajstić information content (AvgIpc) is 2.65. The number of piperidine rings is 1. The van der Waals surface area contributed by atoms with Gasteiger partial charge >= 0.3 is 0 Å². The molecule has 0 aliphatic carbocycles. The molecule has 26 heavy (non-hydrogen) atoms. The molecule has 2 aliphatic heterocycles. The Bertz CT molecular complexity index is 737. The Hall–Kier alpha value is -2.48. The van der Waals surface area contributed by atoms with Gasteiger partial charge in [-0.25, -0.2) is 4.39 Å². The van der Waals surface area contributed by atoms with Gasteiger partial charge in [-0.1, -0.05) is 0 Å². The van der Waals surface area contributed by atoms with Crippen LogP contribution in [0.1, 0.15) is 35.2 Å². The van der Waals surface area contributed by atoms with Crippen LogP contribution in [0.3, 0.4) is 0 Å². The van der Waals surface area contributed by atoms with Crippen molar-refractivity contribution < 1.29 is 18.8 Å². The molecule has 0 aromatic heterocycles. The summed E-state index contributed by atoms with van der Waals surface area (Å²) in [5.74, 6) is -1.66. The van der Waals surface area contributed by atoms with E-state index < -0.39 is 11.7 Å². The number of anilines is 1. The second-order valence-corrected chi connectivity index (χ2v) is 6.71. The maximum Gasteiger partial charge on any atom is 0.256 e. The molecule has 1 saturated heterocycles. The third-order valence-corrected chi connectivity index (χ3v) is 4.84. The number of nitrogens with two attached hydrogens (primary N) is 1. The Morgan fingerprint density at radius 1 is 1.35 bits per heavy atom. The maximum atomic E-state index is 14.4. The largest absolute Gasteiger partial charge is 0.355 e. The Morgan fingerprint density at radius 3 is 2.92 bits per heavy atom. The molecule has 1 aromatic rings. The monoisotopic (exact) mass is 362 g/mol. The summed E-state index contributed by atoms with van der Waals surface area (Å²) in [5.41, 5.74) is 6.56. The summed E-state index contributed by atoms with van der Waals surface area (Å²) in [6, 6.07) is 2.72. The van der Waals surface area contributed by atoms with E-state index in [9.17, 15) is 18.8 Å². The quantitative estimate of drug-likeness (QED) is 0.731.